The Morgan fingerprint density at radius 2 is 1.50 bits per heavy atom. The number of hydrogen-bond acceptors (Lipinski definition) is 2. The summed E-state index contributed by atoms with van der Waals surface area (Å²) in [5, 5.41) is 0. The predicted molar refractivity (Wildman–Crippen MR) is 74.0 cm³/mol. The normalized spacial score (nSPS) is 27.9. The van der Waals surface area contributed by atoms with E-state index in [2.05, 4.69) is 0 Å². The highest BCUT2D eigenvalue weighted by Crippen LogP contribution is 2.67. The van der Waals surface area contributed by atoms with Crippen molar-refractivity contribution in [2.45, 2.75) is 17.5 Å². The highest BCUT2D eigenvalue weighted by molar-refractivity contribution is 5.90. The van der Waals surface area contributed by atoms with Gasteiger partial charge in [-0.2, -0.15) is 0 Å². The van der Waals surface area contributed by atoms with Crippen molar-refractivity contribution in [3.8, 4) is 0 Å². The van der Waals surface area contributed by atoms with Crippen molar-refractivity contribution < 1.29 is 13.9 Å². The van der Waals surface area contributed by atoms with Crippen LogP contribution in [0.15, 0.2) is 60.7 Å². The second-order valence-corrected chi connectivity index (χ2v) is 5.11. The predicted octanol–water partition coefficient (Wildman–Crippen LogP) is 3.37. The molecule has 0 bridgehead atoms. The molecule has 0 heterocycles. The van der Waals surface area contributed by atoms with Crippen LogP contribution < -0.4 is 0 Å². The maximum Gasteiger partial charge on any atom is 0.320 e. The van der Waals surface area contributed by atoms with Crippen LogP contribution in [0, 0.1) is 0 Å². The van der Waals surface area contributed by atoms with Gasteiger partial charge in [0.15, 0.2) is 5.67 Å². The number of carbonyl (C=O) groups is 1. The van der Waals surface area contributed by atoms with Crippen LogP contribution in [0.5, 0.6) is 0 Å². The largest absolute Gasteiger partial charge is 0.468 e. The van der Waals surface area contributed by atoms with E-state index in [1.165, 1.54) is 7.11 Å². The standard InChI is InChI=1S/C17H15FO2/c1-20-15(19)16(13-8-4-2-5-9-13)12-17(16,18)14-10-6-3-7-11-14/h2-11H,12H2,1H3/t16-,17-/m1/s1. The Morgan fingerprint density at radius 3 is 2.00 bits per heavy atom. The average Bonchev–Trinajstić information content (AvgIpc) is 3.17. The Balaban J connectivity index is 2.11. The summed E-state index contributed by atoms with van der Waals surface area (Å²) in [6.45, 7) is 0. The van der Waals surface area contributed by atoms with Crippen LogP contribution in [-0.2, 0) is 20.6 Å². The van der Waals surface area contributed by atoms with Crippen LogP contribution in [0.3, 0.4) is 0 Å². The van der Waals surface area contributed by atoms with Crippen LogP contribution in [-0.4, -0.2) is 13.1 Å². The van der Waals surface area contributed by atoms with Crippen molar-refractivity contribution in [3.63, 3.8) is 0 Å². The second kappa shape index (κ2) is 4.44. The minimum atomic E-state index is -1.69. The summed E-state index contributed by atoms with van der Waals surface area (Å²) in [5.74, 6) is -0.518. The van der Waals surface area contributed by atoms with Crippen LogP contribution in [0.25, 0.3) is 0 Å². The van der Waals surface area contributed by atoms with E-state index in [1.54, 1.807) is 36.4 Å². The zero-order valence-electron chi connectivity index (χ0n) is 11.2. The Morgan fingerprint density at radius 1 is 1.00 bits per heavy atom. The number of esters is 1. The van der Waals surface area contributed by atoms with Crippen molar-refractivity contribution in [2.24, 2.45) is 0 Å². The molecule has 0 unspecified atom stereocenters. The van der Waals surface area contributed by atoms with Gasteiger partial charge in [-0.3, -0.25) is 4.79 Å². The lowest BCUT2D eigenvalue weighted by Crippen LogP contribution is -2.29. The van der Waals surface area contributed by atoms with Crippen molar-refractivity contribution >= 4 is 5.97 Å². The highest BCUT2D eigenvalue weighted by atomic mass is 19.1. The van der Waals surface area contributed by atoms with Crippen molar-refractivity contribution in [1.82, 2.24) is 0 Å². The maximum atomic E-state index is 15.4. The van der Waals surface area contributed by atoms with Crippen LogP contribution in [0.2, 0.25) is 0 Å². The lowest BCUT2D eigenvalue weighted by Gasteiger charge is -2.19. The number of ether oxygens (including phenoxy) is 1. The summed E-state index contributed by atoms with van der Waals surface area (Å²) >= 11 is 0. The molecular formula is C17H15FO2. The van der Waals surface area contributed by atoms with Gasteiger partial charge in [-0.05, 0) is 11.1 Å². The molecule has 1 saturated carbocycles. The van der Waals surface area contributed by atoms with Gasteiger partial charge >= 0.3 is 5.97 Å². The average molecular weight is 270 g/mol. The van der Waals surface area contributed by atoms with E-state index in [-0.39, 0.29) is 6.42 Å². The third-order valence-corrected chi connectivity index (χ3v) is 4.09. The monoisotopic (exact) mass is 270 g/mol. The van der Waals surface area contributed by atoms with Crippen LogP contribution >= 0.6 is 0 Å². The van der Waals surface area contributed by atoms with E-state index in [9.17, 15) is 4.79 Å². The molecule has 2 nitrogen and oxygen atoms in total. The molecule has 2 aromatic carbocycles. The molecular weight excluding hydrogens is 255 g/mol. The molecule has 1 aliphatic carbocycles. The van der Waals surface area contributed by atoms with Gasteiger partial charge in [0.2, 0.25) is 0 Å². The smallest absolute Gasteiger partial charge is 0.320 e. The van der Waals surface area contributed by atoms with Gasteiger partial charge in [0.25, 0.3) is 0 Å². The lowest BCUT2D eigenvalue weighted by atomic mass is 9.89. The molecule has 20 heavy (non-hydrogen) atoms. The van der Waals surface area contributed by atoms with Gasteiger partial charge in [0.1, 0.15) is 5.41 Å². The van der Waals surface area contributed by atoms with Crippen LogP contribution in [0.4, 0.5) is 4.39 Å². The molecule has 1 fully saturated rings. The number of methoxy groups -OCH3 is 1. The summed E-state index contributed by atoms with van der Waals surface area (Å²) in [7, 11) is 1.30. The Labute approximate surface area is 117 Å². The topological polar surface area (TPSA) is 26.3 Å². The van der Waals surface area contributed by atoms with Gasteiger partial charge in [-0.15, -0.1) is 0 Å². The minimum Gasteiger partial charge on any atom is -0.468 e. The summed E-state index contributed by atoms with van der Waals surface area (Å²) in [5.41, 5.74) is -1.72. The molecule has 3 heteroatoms. The molecule has 2 atom stereocenters. The van der Waals surface area contributed by atoms with Gasteiger partial charge in [-0.25, -0.2) is 4.39 Å². The molecule has 0 N–H and O–H groups in total. The van der Waals surface area contributed by atoms with E-state index in [1.807, 2.05) is 24.3 Å². The Bertz CT molecular complexity index is 626. The maximum absolute atomic E-state index is 15.4. The van der Waals surface area contributed by atoms with Crippen molar-refractivity contribution in [3.05, 3.63) is 71.8 Å². The molecule has 1 aliphatic rings. The summed E-state index contributed by atoms with van der Waals surface area (Å²) in [6.07, 6.45) is 0.126. The van der Waals surface area contributed by atoms with Gasteiger partial charge in [-0.1, -0.05) is 60.7 Å². The number of hydrogen-bond donors (Lipinski definition) is 0. The fourth-order valence-corrected chi connectivity index (χ4v) is 2.95. The molecule has 3 rings (SSSR count). The number of alkyl halides is 1. The number of carbonyl (C=O) groups excluding carboxylic acids is 1. The first-order valence-electron chi connectivity index (χ1n) is 6.53. The molecule has 102 valence electrons. The van der Waals surface area contributed by atoms with Crippen molar-refractivity contribution in [2.75, 3.05) is 7.11 Å². The summed E-state index contributed by atoms with van der Waals surface area (Å²) < 4.78 is 20.2. The fourth-order valence-electron chi connectivity index (χ4n) is 2.95. The zero-order chi connectivity index (χ0) is 14.2. The van der Waals surface area contributed by atoms with E-state index in [4.69, 9.17) is 4.74 Å². The Hall–Kier alpha value is -2.16. The minimum absolute atomic E-state index is 0.126. The first kappa shape index (κ1) is 12.9. The van der Waals surface area contributed by atoms with E-state index in [0.29, 0.717) is 11.1 Å². The SMILES string of the molecule is COC(=O)[C@]1(c2ccccc2)C[C@@]1(F)c1ccccc1. The number of rotatable bonds is 3. The third-order valence-electron chi connectivity index (χ3n) is 4.09. The quantitative estimate of drug-likeness (QED) is 0.799. The fraction of sp³-hybridized carbons (Fsp3) is 0.235. The van der Waals surface area contributed by atoms with Gasteiger partial charge in [0, 0.05) is 6.42 Å². The highest BCUT2D eigenvalue weighted by Gasteiger charge is 2.76. The molecule has 2 aromatic rings. The van der Waals surface area contributed by atoms with E-state index < -0.39 is 17.1 Å². The molecule has 0 aromatic heterocycles. The second-order valence-electron chi connectivity index (χ2n) is 5.11. The summed E-state index contributed by atoms with van der Waals surface area (Å²) in [6, 6.07) is 17.8. The number of benzene rings is 2. The summed E-state index contributed by atoms with van der Waals surface area (Å²) in [4.78, 5) is 12.2. The van der Waals surface area contributed by atoms with E-state index in [0.717, 1.165) is 0 Å². The first-order chi connectivity index (χ1) is 9.65. The number of halogens is 1. The first-order valence-corrected chi connectivity index (χ1v) is 6.53. The molecule has 0 aliphatic heterocycles. The lowest BCUT2D eigenvalue weighted by molar-refractivity contribution is -0.145. The molecule has 0 amide bonds. The van der Waals surface area contributed by atoms with Gasteiger partial charge in [0.05, 0.1) is 7.11 Å². The van der Waals surface area contributed by atoms with E-state index >= 15 is 4.39 Å². The molecule has 0 radical (unpaired) electrons. The molecule has 0 spiro atoms. The molecule has 0 saturated heterocycles. The van der Waals surface area contributed by atoms with Crippen molar-refractivity contribution in [1.29, 1.82) is 0 Å². The zero-order valence-corrected chi connectivity index (χ0v) is 11.2. The van der Waals surface area contributed by atoms with Crippen LogP contribution in [0.1, 0.15) is 17.5 Å². The third kappa shape index (κ3) is 1.59. The Kier molecular flexibility index (Phi) is 2.85. The van der Waals surface area contributed by atoms with Gasteiger partial charge < -0.3 is 4.74 Å².